The van der Waals surface area contributed by atoms with E-state index < -0.39 is 5.41 Å². The molecule has 2 aliphatic rings. The highest BCUT2D eigenvalue weighted by atomic mass is 19.1. The number of ether oxygens (including phenoxy) is 1. The van der Waals surface area contributed by atoms with Gasteiger partial charge in [0.15, 0.2) is 0 Å². The van der Waals surface area contributed by atoms with Gasteiger partial charge in [-0.1, -0.05) is 37.3 Å². The number of piperazine rings is 1. The Morgan fingerprint density at radius 1 is 1.00 bits per heavy atom. The number of anilines is 1. The second-order valence-corrected chi connectivity index (χ2v) is 8.83. The molecule has 2 aromatic rings. The zero-order valence-corrected chi connectivity index (χ0v) is 19.2. The van der Waals surface area contributed by atoms with Crippen molar-refractivity contribution in [3.05, 3.63) is 65.5 Å². The lowest BCUT2D eigenvalue weighted by atomic mass is 9.73. The number of rotatable bonds is 6. The Morgan fingerprint density at radius 3 is 2.33 bits per heavy atom. The number of hydrogen-bond acceptors (Lipinski definition) is 4. The quantitative estimate of drug-likeness (QED) is 0.730. The molecule has 4 rings (SSSR count). The zero-order chi connectivity index (χ0) is 23.3. The number of para-hydroxylation sites is 1. The van der Waals surface area contributed by atoms with Gasteiger partial charge in [0.25, 0.3) is 0 Å². The number of carbonyl (C=O) groups excluding carboxylic acids is 2. The molecule has 0 spiro atoms. The van der Waals surface area contributed by atoms with E-state index in [9.17, 15) is 14.0 Å². The van der Waals surface area contributed by atoms with Gasteiger partial charge in [-0.15, -0.1) is 0 Å². The van der Waals surface area contributed by atoms with Crippen molar-refractivity contribution in [3.63, 3.8) is 0 Å². The first kappa shape index (κ1) is 23.4. The van der Waals surface area contributed by atoms with Crippen LogP contribution in [0.25, 0.3) is 0 Å². The van der Waals surface area contributed by atoms with Crippen LogP contribution in [0.4, 0.5) is 10.1 Å². The third kappa shape index (κ3) is 5.25. The van der Waals surface area contributed by atoms with Crippen molar-refractivity contribution < 1.29 is 18.7 Å². The lowest BCUT2D eigenvalue weighted by Gasteiger charge is -2.43. The summed E-state index contributed by atoms with van der Waals surface area (Å²) in [6.45, 7) is 5.83. The molecular weight excluding hydrogens is 421 g/mol. The minimum atomic E-state index is -0.671. The van der Waals surface area contributed by atoms with E-state index in [0.717, 1.165) is 23.2 Å². The number of halogens is 1. The largest absolute Gasteiger partial charge is 0.381 e. The summed E-state index contributed by atoms with van der Waals surface area (Å²) in [6.07, 6.45) is 2.05. The molecule has 0 atom stereocenters. The van der Waals surface area contributed by atoms with Crippen molar-refractivity contribution >= 4 is 17.5 Å². The van der Waals surface area contributed by atoms with E-state index in [2.05, 4.69) is 17.1 Å². The molecule has 0 aliphatic carbocycles. The molecule has 7 heteroatoms. The fourth-order valence-electron chi connectivity index (χ4n) is 4.87. The average molecular weight is 454 g/mol. The van der Waals surface area contributed by atoms with Gasteiger partial charge in [0.2, 0.25) is 11.8 Å². The summed E-state index contributed by atoms with van der Waals surface area (Å²) in [5.74, 6) is -0.261. The molecule has 2 aromatic carbocycles. The van der Waals surface area contributed by atoms with Crippen molar-refractivity contribution in [2.24, 2.45) is 0 Å². The van der Waals surface area contributed by atoms with Crippen molar-refractivity contribution in [3.8, 4) is 0 Å². The lowest BCUT2D eigenvalue weighted by molar-refractivity contribution is -0.143. The van der Waals surface area contributed by atoms with Gasteiger partial charge in [0.1, 0.15) is 5.82 Å². The topological polar surface area (TPSA) is 61.9 Å². The molecule has 2 heterocycles. The minimum absolute atomic E-state index is 0.0390. The van der Waals surface area contributed by atoms with Crippen molar-refractivity contribution in [2.75, 3.05) is 51.3 Å². The maximum atomic E-state index is 13.7. The normalized spacial score (nSPS) is 18.7. The van der Waals surface area contributed by atoms with Gasteiger partial charge >= 0.3 is 0 Å². The van der Waals surface area contributed by atoms with Crippen LogP contribution < -0.4 is 5.32 Å². The van der Waals surface area contributed by atoms with E-state index in [-0.39, 0.29) is 17.6 Å². The molecule has 0 unspecified atom stereocenters. The SMILES string of the molecule is CCc1ccccc1NC(=O)CN1CCN(C(=O)C2(c3ccc(F)cc3)CCOCC2)CC1. The Labute approximate surface area is 194 Å². The minimum Gasteiger partial charge on any atom is -0.381 e. The van der Waals surface area contributed by atoms with Gasteiger partial charge in [-0.2, -0.15) is 0 Å². The van der Waals surface area contributed by atoms with E-state index in [1.807, 2.05) is 29.2 Å². The van der Waals surface area contributed by atoms with Gasteiger partial charge in [0.05, 0.1) is 12.0 Å². The predicted molar refractivity (Wildman–Crippen MR) is 126 cm³/mol. The first-order chi connectivity index (χ1) is 16.0. The maximum absolute atomic E-state index is 13.7. The number of amides is 2. The van der Waals surface area contributed by atoms with Crippen LogP contribution in [0, 0.1) is 5.82 Å². The molecule has 6 nitrogen and oxygen atoms in total. The second-order valence-electron chi connectivity index (χ2n) is 8.83. The molecule has 2 saturated heterocycles. The monoisotopic (exact) mass is 453 g/mol. The summed E-state index contributed by atoms with van der Waals surface area (Å²) < 4.78 is 19.0. The van der Waals surface area contributed by atoms with Crippen LogP contribution in [0.5, 0.6) is 0 Å². The number of benzene rings is 2. The summed E-state index contributed by atoms with van der Waals surface area (Å²) in [7, 11) is 0. The van der Waals surface area contributed by atoms with Crippen LogP contribution in [0.15, 0.2) is 48.5 Å². The summed E-state index contributed by atoms with van der Waals surface area (Å²) in [4.78, 5) is 30.3. The summed E-state index contributed by atoms with van der Waals surface area (Å²) in [5, 5.41) is 3.02. The number of hydrogen-bond donors (Lipinski definition) is 1. The summed E-state index contributed by atoms with van der Waals surface area (Å²) >= 11 is 0. The molecule has 2 fully saturated rings. The maximum Gasteiger partial charge on any atom is 0.238 e. The molecule has 176 valence electrons. The first-order valence-electron chi connectivity index (χ1n) is 11.7. The molecular formula is C26H32FN3O3. The van der Waals surface area contributed by atoms with E-state index >= 15 is 0 Å². The fourth-order valence-corrected chi connectivity index (χ4v) is 4.87. The van der Waals surface area contributed by atoms with E-state index in [1.54, 1.807) is 12.1 Å². The highest BCUT2D eigenvalue weighted by Crippen LogP contribution is 2.37. The summed E-state index contributed by atoms with van der Waals surface area (Å²) in [5.41, 5.74) is 2.16. The van der Waals surface area contributed by atoms with E-state index in [4.69, 9.17) is 4.74 Å². The Morgan fingerprint density at radius 2 is 1.67 bits per heavy atom. The Balaban J connectivity index is 1.36. The highest BCUT2D eigenvalue weighted by Gasteiger charge is 2.44. The predicted octanol–water partition coefficient (Wildman–Crippen LogP) is 3.22. The van der Waals surface area contributed by atoms with Crippen LogP contribution in [0.2, 0.25) is 0 Å². The van der Waals surface area contributed by atoms with Crippen LogP contribution in [-0.2, 0) is 26.2 Å². The highest BCUT2D eigenvalue weighted by molar-refractivity contribution is 5.93. The van der Waals surface area contributed by atoms with Crippen LogP contribution >= 0.6 is 0 Å². The van der Waals surface area contributed by atoms with Gasteiger partial charge in [0, 0.05) is 45.1 Å². The smallest absolute Gasteiger partial charge is 0.238 e. The Bertz CT molecular complexity index is 965. The van der Waals surface area contributed by atoms with Gasteiger partial charge in [-0.05, 0) is 48.6 Å². The molecule has 1 N–H and O–H groups in total. The standard InChI is InChI=1S/C26H32FN3O3/c1-2-20-5-3-4-6-23(20)28-24(31)19-29-13-15-30(16-14-29)25(32)26(11-17-33-18-12-26)21-7-9-22(27)10-8-21/h3-10H,2,11-19H2,1H3,(H,28,31). The van der Waals surface area contributed by atoms with Crippen LogP contribution in [0.1, 0.15) is 30.9 Å². The number of aryl methyl sites for hydroxylation is 1. The molecule has 33 heavy (non-hydrogen) atoms. The third-order valence-electron chi connectivity index (χ3n) is 6.85. The van der Waals surface area contributed by atoms with Gasteiger partial charge in [-0.25, -0.2) is 4.39 Å². The molecule has 0 bridgehead atoms. The number of carbonyl (C=O) groups is 2. The van der Waals surface area contributed by atoms with Gasteiger partial charge in [-0.3, -0.25) is 14.5 Å². The van der Waals surface area contributed by atoms with Crippen molar-refractivity contribution in [2.45, 2.75) is 31.6 Å². The molecule has 0 radical (unpaired) electrons. The molecule has 0 saturated carbocycles. The van der Waals surface area contributed by atoms with Crippen LogP contribution in [0.3, 0.4) is 0 Å². The second kappa shape index (κ2) is 10.4. The third-order valence-corrected chi connectivity index (χ3v) is 6.85. The molecule has 0 aromatic heterocycles. The first-order valence-corrected chi connectivity index (χ1v) is 11.7. The zero-order valence-electron chi connectivity index (χ0n) is 19.2. The summed E-state index contributed by atoms with van der Waals surface area (Å²) in [6, 6.07) is 14.2. The Kier molecular flexibility index (Phi) is 7.40. The number of nitrogens with one attached hydrogen (secondary N) is 1. The van der Waals surface area contributed by atoms with E-state index in [0.29, 0.717) is 58.8 Å². The van der Waals surface area contributed by atoms with Crippen molar-refractivity contribution in [1.82, 2.24) is 9.80 Å². The van der Waals surface area contributed by atoms with Crippen LogP contribution in [-0.4, -0.2) is 67.6 Å². The fraction of sp³-hybridized carbons (Fsp3) is 0.462. The average Bonchev–Trinajstić information content (AvgIpc) is 2.85. The van der Waals surface area contributed by atoms with Crippen molar-refractivity contribution in [1.29, 1.82) is 0 Å². The van der Waals surface area contributed by atoms with Gasteiger partial charge < -0.3 is 15.0 Å². The Hall–Kier alpha value is -2.77. The molecule has 2 aliphatic heterocycles. The van der Waals surface area contributed by atoms with E-state index in [1.165, 1.54) is 12.1 Å². The molecule has 2 amide bonds. The lowest BCUT2D eigenvalue weighted by Crippen LogP contribution is -2.56. The number of nitrogens with zero attached hydrogens (tertiary/aromatic N) is 2.